The molecule has 0 aliphatic heterocycles. The van der Waals surface area contributed by atoms with Gasteiger partial charge in [0.25, 0.3) is 5.91 Å². The molecule has 0 bridgehead atoms. The van der Waals surface area contributed by atoms with Crippen LogP contribution in [0.15, 0.2) is 59.1 Å². The number of primary amides is 1. The van der Waals surface area contributed by atoms with Crippen LogP contribution < -0.4 is 10.5 Å². The molecule has 6 nitrogen and oxygen atoms in total. The second kappa shape index (κ2) is 8.41. The Morgan fingerprint density at radius 3 is 2.29 bits per heavy atom. The summed E-state index contributed by atoms with van der Waals surface area (Å²) in [6, 6.07) is 15.6. The first-order valence-electron chi connectivity index (χ1n) is 8.56. The fourth-order valence-corrected chi connectivity index (χ4v) is 3.47. The number of nitrogens with zero attached hydrogens (tertiary/aromatic N) is 1. The highest BCUT2D eigenvalue weighted by atomic mass is 79.9. The summed E-state index contributed by atoms with van der Waals surface area (Å²) in [5, 5.41) is 12.5. The molecule has 2 amide bonds. The van der Waals surface area contributed by atoms with Crippen LogP contribution in [0.3, 0.4) is 0 Å². The average Bonchev–Trinajstić information content (AvgIpc) is 2.70. The number of rotatable bonds is 6. The van der Waals surface area contributed by atoms with Crippen LogP contribution in [0.4, 0.5) is 0 Å². The van der Waals surface area contributed by atoms with Gasteiger partial charge in [0.2, 0.25) is 5.91 Å². The zero-order valence-corrected chi connectivity index (χ0v) is 16.8. The van der Waals surface area contributed by atoms with Crippen molar-refractivity contribution in [3.05, 3.63) is 75.8 Å². The van der Waals surface area contributed by atoms with E-state index in [1.165, 1.54) is 0 Å². The number of hydrogen-bond donors (Lipinski definition) is 2. The smallest absolute Gasteiger partial charge is 0.277 e. The minimum Gasteiger partial charge on any atom is -0.496 e. The summed E-state index contributed by atoms with van der Waals surface area (Å²) >= 11 is 3.42. The minimum atomic E-state index is -0.506. The lowest BCUT2D eigenvalue weighted by Gasteiger charge is -2.16. The van der Waals surface area contributed by atoms with Crippen LogP contribution in [-0.4, -0.2) is 35.7 Å². The second-order valence-corrected chi connectivity index (χ2v) is 7.14. The largest absolute Gasteiger partial charge is 0.496 e. The van der Waals surface area contributed by atoms with Crippen LogP contribution in [0.1, 0.15) is 26.3 Å². The molecule has 28 heavy (non-hydrogen) atoms. The number of ether oxygens (including phenoxy) is 1. The van der Waals surface area contributed by atoms with Crippen LogP contribution in [-0.2, 0) is 6.42 Å². The zero-order valence-electron chi connectivity index (χ0n) is 15.2. The molecule has 0 unspecified atom stereocenters. The summed E-state index contributed by atoms with van der Waals surface area (Å²) in [7, 11) is 1.59. The van der Waals surface area contributed by atoms with Crippen molar-refractivity contribution < 1.29 is 19.5 Å². The molecule has 0 aliphatic rings. The number of halogens is 1. The topological polar surface area (TPSA) is 92.9 Å². The van der Waals surface area contributed by atoms with E-state index >= 15 is 0 Å². The van der Waals surface area contributed by atoms with Crippen molar-refractivity contribution in [2.24, 2.45) is 5.73 Å². The normalized spacial score (nSPS) is 10.7. The second-order valence-electron chi connectivity index (χ2n) is 6.29. The Labute approximate surface area is 170 Å². The molecule has 0 atom stereocenters. The summed E-state index contributed by atoms with van der Waals surface area (Å²) in [5.74, 6) is -0.279. The fourth-order valence-electron chi connectivity index (χ4n) is 2.88. The Balaban J connectivity index is 1.71. The van der Waals surface area contributed by atoms with Gasteiger partial charge in [0.15, 0.2) is 0 Å². The van der Waals surface area contributed by atoms with Gasteiger partial charge in [-0.15, -0.1) is 0 Å². The highest BCUT2D eigenvalue weighted by Gasteiger charge is 2.15. The number of amides is 2. The number of hydrogen-bond acceptors (Lipinski definition) is 4. The quantitative estimate of drug-likeness (QED) is 0.448. The van der Waals surface area contributed by atoms with Crippen LogP contribution in [0, 0.1) is 0 Å². The van der Waals surface area contributed by atoms with E-state index in [1.807, 2.05) is 18.2 Å². The van der Waals surface area contributed by atoms with E-state index in [1.54, 1.807) is 43.5 Å². The highest BCUT2D eigenvalue weighted by molar-refractivity contribution is 9.10. The molecule has 0 heterocycles. The van der Waals surface area contributed by atoms with Crippen LogP contribution in [0.2, 0.25) is 0 Å². The van der Waals surface area contributed by atoms with Crippen LogP contribution in [0.5, 0.6) is 5.75 Å². The number of carbonyl (C=O) groups is 2. The van der Waals surface area contributed by atoms with Crippen molar-refractivity contribution in [1.82, 2.24) is 5.06 Å². The molecule has 0 saturated heterocycles. The molecule has 3 aromatic carbocycles. The lowest BCUT2D eigenvalue weighted by Crippen LogP contribution is -2.29. The van der Waals surface area contributed by atoms with E-state index in [0.29, 0.717) is 22.6 Å². The fraction of sp³-hybridized carbons (Fsp3) is 0.143. The maximum absolute atomic E-state index is 12.5. The Bertz CT molecular complexity index is 1050. The monoisotopic (exact) mass is 442 g/mol. The molecule has 0 radical (unpaired) electrons. The molecule has 0 saturated carbocycles. The molecule has 0 aliphatic carbocycles. The molecule has 0 spiro atoms. The van der Waals surface area contributed by atoms with Crippen molar-refractivity contribution in [1.29, 1.82) is 0 Å². The van der Waals surface area contributed by atoms with E-state index in [-0.39, 0.29) is 6.54 Å². The first kappa shape index (κ1) is 19.9. The SMILES string of the molecule is COc1ccc(CCN(O)C(=O)c2ccc3cc(C(N)=O)ccc3c2)cc1Br. The van der Waals surface area contributed by atoms with E-state index in [2.05, 4.69) is 15.9 Å². The van der Waals surface area contributed by atoms with Crippen molar-refractivity contribution in [3.63, 3.8) is 0 Å². The zero-order chi connectivity index (χ0) is 20.3. The number of methoxy groups -OCH3 is 1. The van der Waals surface area contributed by atoms with Gasteiger partial charge in [0, 0.05) is 11.1 Å². The van der Waals surface area contributed by atoms with E-state index in [0.717, 1.165) is 26.6 Å². The van der Waals surface area contributed by atoms with E-state index in [4.69, 9.17) is 10.5 Å². The lowest BCUT2D eigenvalue weighted by atomic mass is 10.0. The Kier molecular flexibility index (Phi) is 5.96. The molecule has 3 aromatic rings. The molecular formula is C21H19BrN2O4. The molecule has 0 fully saturated rings. The third-order valence-corrected chi connectivity index (χ3v) is 5.05. The molecule has 144 valence electrons. The summed E-state index contributed by atoms with van der Waals surface area (Å²) in [6.07, 6.45) is 0.486. The van der Waals surface area contributed by atoms with Crippen molar-refractivity contribution in [2.45, 2.75) is 6.42 Å². The average molecular weight is 443 g/mol. The Hall–Kier alpha value is -2.90. The van der Waals surface area contributed by atoms with Crippen LogP contribution in [0.25, 0.3) is 10.8 Å². The van der Waals surface area contributed by atoms with Gasteiger partial charge in [-0.05, 0) is 75.1 Å². The summed E-state index contributed by atoms with van der Waals surface area (Å²) in [6.45, 7) is 0.149. The number of benzene rings is 3. The summed E-state index contributed by atoms with van der Waals surface area (Å²) < 4.78 is 6.00. The van der Waals surface area contributed by atoms with Gasteiger partial charge in [-0.25, -0.2) is 5.06 Å². The third kappa shape index (κ3) is 4.32. The summed E-state index contributed by atoms with van der Waals surface area (Å²) in [4.78, 5) is 23.8. The Morgan fingerprint density at radius 2 is 1.68 bits per heavy atom. The highest BCUT2D eigenvalue weighted by Crippen LogP contribution is 2.26. The molecule has 3 rings (SSSR count). The predicted molar refractivity (Wildman–Crippen MR) is 110 cm³/mol. The first-order chi connectivity index (χ1) is 13.4. The lowest BCUT2D eigenvalue weighted by molar-refractivity contribution is -0.0571. The maximum atomic E-state index is 12.5. The van der Waals surface area contributed by atoms with Gasteiger partial charge in [0.05, 0.1) is 18.1 Å². The predicted octanol–water partition coefficient (Wildman–Crippen LogP) is 3.78. The first-order valence-corrected chi connectivity index (χ1v) is 9.35. The standard InChI is InChI=1S/C21H19BrN2O4/c1-28-19-7-2-13(10-18(19)22)8-9-24(27)21(26)17-6-4-14-11-16(20(23)25)5-3-15(14)12-17/h2-7,10-12,27H,8-9H2,1H3,(H2,23,25). The van der Waals surface area contributed by atoms with Gasteiger partial charge in [-0.1, -0.05) is 18.2 Å². The van der Waals surface area contributed by atoms with Gasteiger partial charge < -0.3 is 10.5 Å². The van der Waals surface area contributed by atoms with Crippen molar-refractivity contribution in [3.8, 4) is 5.75 Å². The number of fused-ring (bicyclic) bond motifs is 1. The van der Waals surface area contributed by atoms with Gasteiger partial charge in [-0.2, -0.15) is 0 Å². The number of carbonyl (C=O) groups excluding carboxylic acids is 2. The Morgan fingerprint density at radius 1 is 1.04 bits per heavy atom. The van der Waals surface area contributed by atoms with Gasteiger partial charge in [0.1, 0.15) is 5.75 Å². The third-order valence-electron chi connectivity index (χ3n) is 4.43. The summed E-state index contributed by atoms with van der Waals surface area (Å²) in [5.41, 5.74) is 7.01. The maximum Gasteiger partial charge on any atom is 0.277 e. The number of nitrogens with two attached hydrogens (primary N) is 1. The van der Waals surface area contributed by atoms with Crippen LogP contribution >= 0.6 is 15.9 Å². The molecule has 0 aromatic heterocycles. The number of hydroxylamine groups is 2. The van der Waals surface area contributed by atoms with E-state index in [9.17, 15) is 14.8 Å². The van der Waals surface area contributed by atoms with Gasteiger partial charge >= 0.3 is 0 Å². The van der Waals surface area contributed by atoms with Crippen molar-refractivity contribution >= 4 is 38.5 Å². The minimum absolute atomic E-state index is 0.149. The van der Waals surface area contributed by atoms with Crippen molar-refractivity contribution in [2.75, 3.05) is 13.7 Å². The molecule has 3 N–H and O–H groups in total. The molecule has 7 heteroatoms. The van der Waals surface area contributed by atoms with E-state index < -0.39 is 11.8 Å². The molecular weight excluding hydrogens is 424 g/mol. The van der Waals surface area contributed by atoms with Gasteiger partial charge in [-0.3, -0.25) is 14.8 Å².